The molecule has 2 aliphatic rings. The zero-order valence-corrected chi connectivity index (χ0v) is 32.9. The Hall–Kier alpha value is -4.96. The average Bonchev–Trinajstić information content (AvgIpc) is 4.00. The maximum absolute atomic E-state index is 13.6. The van der Waals surface area contributed by atoms with Gasteiger partial charge in [0.1, 0.15) is 23.7 Å². The van der Waals surface area contributed by atoms with E-state index in [4.69, 9.17) is 19.4 Å². The molecule has 4 unspecified atom stereocenters. The SMILES string of the molecule is COC(=O)NC(C(=O)N1CCCC1c1ncc(-c2cc3cc4sc(-c5cnc(C6CCCN6C(=O)C(NC(=O)OC)C(C)C)[nH]5)cc4cc3s2)[nH]1)C(C)C. The number of aromatic amines is 2. The average molecular weight is 775 g/mol. The van der Waals surface area contributed by atoms with E-state index in [1.54, 1.807) is 22.7 Å². The summed E-state index contributed by atoms with van der Waals surface area (Å²) in [4.78, 5) is 73.3. The topological polar surface area (TPSA) is 175 Å². The number of methoxy groups -OCH3 is 2. The van der Waals surface area contributed by atoms with E-state index in [2.05, 4.69) is 44.9 Å². The van der Waals surface area contributed by atoms with E-state index in [0.717, 1.165) is 78.6 Å². The molecule has 0 bridgehead atoms. The van der Waals surface area contributed by atoms with Crippen LogP contribution >= 0.6 is 22.7 Å². The lowest BCUT2D eigenvalue weighted by Gasteiger charge is -2.30. The number of fused-ring (bicyclic) bond motifs is 2. The molecule has 4 aromatic heterocycles. The van der Waals surface area contributed by atoms with Gasteiger partial charge < -0.3 is 39.9 Å². The van der Waals surface area contributed by atoms with E-state index in [9.17, 15) is 19.2 Å². The number of nitrogens with one attached hydrogen (secondary N) is 4. The fourth-order valence-electron chi connectivity index (χ4n) is 7.49. The first-order chi connectivity index (χ1) is 25.9. The number of carbonyl (C=O) groups is 4. The van der Waals surface area contributed by atoms with Gasteiger partial charge in [0, 0.05) is 22.5 Å². The number of hydrogen-bond acceptors (Lipinski definition) is 10. The fraction of sp³-hybridized carbons (Fsp3) is 0.474. The minimum absolute atomic E-state index is 0.103. The number of benzene rings is 1. The molecule has 0 radical (unpaired) electrons. The van der Waals surface area contributed by atoms with Crippen molar-refractivity contribution in [2.24, 2.45) is 11.8 Å². The lowest BCUT2D eigenvalue weighted by molar-refractivity contribution is -0.136. The molecule has 1 aromatic carbocycles. The van der Waals surface area contributed by atoms with Crippen LogP contribution in [0.2, 0.25) is 0 Å². The number of amides is 4. The van der Waals surface area contributed by atoms with Gasteiger partial charge in [-0.05, 0) is 72.6 Å². The smallest absolute Gasteiger partial charge is 0.407 e. The molecule has 7 rings (SSSR count). The summed E-state index contributed by atoms with van der Waals surface area (Å²) in [6, 6.07) is 6.98. The van der Waals surface area contributed by atoms with Crippen molar-refractivity contribution in [1.29, 1.82) is 0 Å². The Balaban J connectivity index is 1.07. The van der Waals surface area contributed by atoms with Crippen LogP contribution in [0.25, 0.3) is 41.3 Å². The van der Waals surface area contributed by atoms with E-state index in [1.807, 2.05) is 49.9 Å². The summed E-state index contributed by atoms with van der Waals surface area (Å²) in [5.41, 5.74) is 1.79. The third-order valence-corrected chi connectivity index (χ3v) is 12.6. The van der Waals surface area contributed by atoms with Crippen LogP contribution in [0.1, 0.15) is 77.1 Å². The number of thiophene rings is 2. The zero-order valence-electron chi connectivity index (χ0n) is 31.2. The second-order valence-electron chi connectivity index (χ2n) is 14.6. The lowest BCUT2D eigenvalue weighted by atomic mass is 10.0. The molecule has 2 fully saturated rings. The van der Waals surface area contributed by atoms with Crippen molar-refractivity contribution in [1.82, 2.24) is 40.4 Å². The van der Waals surface area contributed by atoms with E-state index in [-0.39, 0.29) is 35.7 Å². The molecule has 6 heterocycles. The summed E-state index contributed by atoms with van der Waals surface area (Å²) in [6.45, 7) is 8.81. The van der Waals surface area contributed by atoms with Crippen LogP contribution < -0.4 is 10.6 Å². The van der Waals surface area contributed by atoms with Crippen LogP contribution in [0.3, 0.4) is 0 Å². The van der Waals surface area contributed by atoms with Crippen LogP contribution in [0, 0.1) is 11.8 Å². The van der Waals surface area contributed by atoms with E-state index < -0.39 is 24.3 Å². The number of carbonyl (C=O) groups excluding carboxylic acids is 4. The highest BCUT2D eigenvalue weighted by Gasteiger charge is 2.39. The van der Waals surface area contributed by atoms with Crippen molar-refractivity contribution in [2.45, 2.75) is 77.5 Å². The number of rotatable bonds is 10. The molecule has 0 spiro atoms. The number of aromatic nitrogens is 4. The molecule has 16 heteroatoms. The van der Waals surface area contributed by atoms with Crippen molar-refractivity contribution in [3.8, 4) is 21.1 Å². The quantitative estimate of drug-likeness (QED) is 0.118. The molecular weight excluding hydrogens is 729 g/mol. The summed E-state index contributed by atoms with van der Waals surface area (Å²) in [7, 11) is 2.58. The Morgan fingerprint density at radius 2 is 1.11 bits per heavy atom. The summed E-state index contributed by atoms with van der Waals surface area (Å²) >= 11 is 3.37. The molecule has 4 amide bonds. The van der Waals surface area contributed by atoms with E-state index >= 15 is 0 Å². The Morgan fingerprint density at radius 3 is 1.48 bits per heavy atom. The first-order valence-electron chi connectivity index (χ1n) is 18.3. The standard InChI is InChI=1S/C38H46N8O6S2/c1-19(2)31(43-37(49)51-5)35(47)45-11-7-9-25(45)33-39-17-23(41-33)29-15-21-13-28-22(14-27(21)53-29)16-30(54-28)24-18-40-34(42-24)26-10-8-12-46(26)36(48)32(20(3)4)44-38(50)52-6/h13-20,25-26,31-32H,7-12H2,1-6H3,(H,39,41)(H,40,42)(H,43,49)(H,44,50). The molecule has 5 aromatic rings. The highest BCUT2D eigenvalue weighted by Crippen LogP contribution is 2.41. The van der Waals surface area contributed by atoms with E-state index in [1.165, 1.54) is 14.2 Å². The normalized spacial score (nSPS) is 18.5. The Bertz CT molecular complexity index is 1990. The number of hydrogen-bond donors (Lipinski definition) is 4. The molecule has 2 aliphatic heterocycles. The van der Waals surface area contributed by atoms with Crippen molar-refractivity contribution in [2.75, 3.05) is 27.3 Å². The predicted octanol–water partition coefficient (Wildman–Crippen LogP) is 6.98. The monoisotopic (exact) mass is 774 g/mol. The molecule has 0 saturated carbocycles. The number of imidazole rings is 2. The largest absolute Gasteiger partial charge is 0.453 e. The first kappa shape index (κ1) is 37.4. The third-order valence-electron chi connectivity index (χ3n) is 10.4. The number of alkyl carbamates (subject to hydrolysis) is 2. The van der Waals surface area contributed by atoms with Gasteiger partial charge in [0.2, 0.25) is 11.8 Å². The summed E-state index contributed by atoms with van der Waals surface area (Å²) in [5, 5.41) is 7.66. The second kappa shape index (κ2) is 15.4. The van der Waals surface area contributed by atoms with Crippen molar-refractivity contribution >= 4 is 66.8 Å². The van der Waals surface area contributed by atoms with Crippen LogP contribution in [-0.4, -0.2) is 93.1 Å². The Kier molecular flexibility index (Phi) is 10.7. The molecule has 54 heavy (non-hydrogen) atoms. The van der Waals surface area contributed by atoms with Crippen LogP contribution in [-0.2, 0) is 19.1 Å². The maximum atomic E-state index is 13.6. The summed E-state index contributed by atoms with van der Waals surface area (Å²) in [5.74, 6) is 0.997. The van der Waals surface area contributed by atoms with Gasteiger partial charge in [-0.3, -0.25) is 9.59 Å². The summed E-state index contributed by atoms with van der Waals surface area (Å²) < 4.78 is 11.8. The van der Waals surface area contributed by atoms with Gasteiger partial charge in [0.25, 0.3) is 0 Å². The molecule has 2 saturated heterocycles. The predicted molar refractivity (Wildman–Crippen MR) is 208 cm³/mol. The number of nitrogens with zero attached hydrogens (tertiary/aromatic N) is 4. The molecule has 4 N–H and O–H groups in total. The van der Waals surface area contributed by atoms with Crippen molar-refractivity contribution < 1.29 is 28.7 Å². The minimum Gasteiger partial charge on any atom is -0.453 e. The minimum atomic E-state index is -0.686. The number of likely N-dealkylation sites (tertiary alicyclic amines) is 2. The third kappa shape index (κ3) is 7.28. The van der Waals surface area contributed by atoms with Gasteiger partial charge in [-0.25, -0.2) is 19.6 Å². The zero-order chi connectivity index (χ0) is 38.3. The van der Waals surface area contributed by atoms with E-state index in [0.29, 0.717) is 13.1 Å². The lowest BCUT2D eigenvalue weighted by Crippen LogP contribution is -2.51. The highest BCUT2D eigenvalue weighted by atomic mass is 32.1. The number of ether oxygens (including phenoxy) is 2. The van der Waals surface area contributed by atoms with Crippen LogP contribution in [0.5, 0.6) is 0 Å². The van der Waals surface area contributed by atoms with Crippen molar-refractivity contribution in [3.05, 3.63) is 48.3 Å². The Morgan fingerprint density at radius 1 is 0.704 bits per heavy atom. The highest BCUT2D eigenvalue weighted by molar-refractivity contribution is 7.23. The molecule has 0 aliphatic carbocycles. The first-order valence-corrected chi connectivity index (χ1v) is 20.0. The molecule has 14 nitrogen and oxygen atoms in total. The fourth-order valence-corrected chi connectivity index (χ4v) is 9.60. The van der Waals surface area contributed by atoms with Gasteiger partial charge >= 0.3 is 12.2 Å². The summed E-state index contributed by atoms with van der Waals surface area (Å²) in [6.07, 6.45) is 5.70. The van der Waals surface area contributed by atoms with Gasteiger partial charge in [-0.2, -0.15) is 0 Å². The molecule has 286 valence electrons. The van der Waals surface area contributed by atoms with Crippen LogP contribution in [0.4, 0.5) is 9.59 Å². The molecule has 4 atom stereocenters. The second-order valence-corrected chi connectivity index (χ2v) is 16.8. The maximum Gasteiger partial charge on any atom is 0.407 e. The van der Waals surface area contributed by atoms with Gasteiger partial charge in [0.05, 0.1) is 59.8 Å². The Labute approximate surface area is 321 Å². The number of H-pyrrole nitrogens is 2. The van der Waals surface area contributed by atoms with Gasteiger partial charge in [-0.1, -0.05) is 27.7 Å². The van der Waals surface area contributed by atoms with Gasteiger partial charge in [0.15, 0.2) is 0 Å². The van der Waals surface area contributed by atoms with Gasteiger partial charge in [-0.15, -0.1) is 22.7 Å². The molecular formula is C38H46N8O6S2. The van der Waals surface area contributed by atoms with Crippen LogP contribution in [0.15, 0.2) is 36.7 Å². The van der Waals surface area contributed by atoms with Crippen molar-refractivity contribution in [3.63, 3.8) is 0 Å².